The number of rotatable bonds is 0. The van der Waals surface area contributed by atoms with E-state index < -0.39 is 17.9 Å². The average Bonchev–Trinajstić information content (AvgIpc) is 1.54. The summed E-state index contributed by atoms with van der Waals surface area (Å²) < 4.78 is 0. The molecule has 0 saturated heterocycles. The molecular formula is C6H14O7Tb. The van der Waals surface area contributed by atoms with Crippen LogP contribution in [-0.4, -0.2) is 38.7 Å². The van der Waals surface area contributed by atoms with Gasteiger partial charge in [0.05, 0.1) is 0 Å². The Morgan fingerprint density at radius 2 is 0.714 bits per heavy atom. The van der Waals surface area contributed by atoms with Gasteiger partial charge < -0.3 is 20.8 Å². The Hall–Kier alpha value is -0.344. The first-order valence-corrected chi connectivity index (χ1v) is 2.78. The molecule has 0 amide bonds. The summed E-state index contributed by atoms with van der Waals surface area (Å²) in [4.78, 5) is 27.0. The topological polar surface area (TPSA) is 143 Å². The van der Waals surface area contributed by atoms with Gasteiger partial charge in [-0.15, -0.1) is 0 Å². The van der Waals surface area contributed by atoms with Crippen molar-refractivity contribution < 1.29 is 73.8 Å². The molecule has 0 aromatic carbocycles. The fourth-order valence-corrected chi connectivity index (χ4v) is 0. The van der Waals surface area contributed by atoms with Gasteiger partial charge in [0.1, 0.15) is 0 Å². The predicted molar refractivity (Wildman–Crippen MR) is 43.5 cm³/mol. The van der Waals surface area contributed by atoms with Crippen molar-refractivity contribution in [2.24, 2.45) is 0 Å². The molecule has 0 aliphatic heterocycles. The van der Waals surface area contributed by atoms with Gasteiger partial charge >= 0.3 is 0 Å². The van der Waals surface area contributed by atoms with Gasteiger partial charge in [-0.05, 0) is 0 Å². The smallest absolute Gasteiger partial charge is 0.300 e. The number of carboxylic acids is 3. The molecule has 0 saturated carbocycles. The minimum atomic E-state index is -0.833. The van der Waals surface area contributed by atoms with Gasteiger partial charge in [-0.2, -0.15) is 0 Å². The fourth-order valence-electron chi connectivity index (χ4n) is 0. The maximum absolute atomic E-state index is 9.00. The van der Waals surface area contributed by atoms with Gasteiger partial charge in [0, 0.05) is 59.4 Å². The quantitative estimate of drug-likeness (QED) is 0.531. The van der Waals surface area contributed by atoms with Gasteiger partial charge in [0.15, 0.2) is 0 Å². The third-order valence-corrected chi connectivity index (χ3v) is 0. The number of carboxylic acid groups (broad SMARTS) is 3. The summed E-state index contributed by atoms with van der Waals surface area (Å²) in [6.07, 6.45) is 0. The van der Waals surface area contributed by atoms with Crippen molar-refractivity contribution in [3.63, 3.8) is 0 Å². The van der Waals surface area contributed by atoms with Crippen molar-refractivity contribution in [2.75, 3.05) is 0 Å². The average molecular weight is 357 g/mol. The van der Waals surface area contributed by atoms with E-state index in [1.54, 1.807) is 0 Å². The molecule has 0 aromatic heterocycles. The largest absolute Gasteiger partial charge is 0.481 e. The Morgan fingerprint density at radius 3 is 0.714 bits per heavy atom. The molecule has 14 heavy (non-hydrogen) atoms. The number of hydrogen-bond acceptors (Lipinski definition) is 3. The molecule has 0 atom stereocenters. The number of carbonyl (C=O) groups is 3. The van der Waals surface area contributed by atoms with Crippen molar-refractivity contribution in [3.8, 4) is 0 Å². The van der Waals surface area contributed by atoms with E-state index in [1.807, 2.05) is 0 Å². The Bertz CT molecular complexity index is 116. The van der Waals surface area contributed by atoms with E-state index in [0.29, 0.717) is 0 Å². The zero-order valence-corrected chi connectivity index (χ0v) is 10.0. The minimum Gasteiger partial charge on any atom is -0.481 e. The summed E-state index contributed by atoms with van der Waals surface area (Å²) in [7, 11) is 0. The summed E-state index contributed by atoms with van der Waals surface area (Å²) in [6, 6.07) is 0. The monoisotopic (exact) mass is 357 g/mol. The van der Waals surface area contributed by atoms with Crippen LogP contribution in [0.4, 0.5) is 0 Å². The van der Waals surface area contributed by atoms with Crippen molar-refractivity contribution in [2.45, 2.75) is 20.8 Å². The zero-order chi connectivity index (χ0) is 10.7. The van der Waals surface area contributed by atoms with Crippen molar-refractivity contribution in [1.29, 1.82) is 0 Å². The molecular weight excluding hydrogens is 343 g/mol. The summed E-state index contributed by atoms with van der Waals surface area (Å²) in [5.74, 6) is -2.50. The summed E-state index contributed by atoms with van der Waals surface area (Å²) in [6.45, 7) is 3.25. The van der Waals surface area contributed by atoms with Gasteiger partial charge in [0.2, 0.25) is 0 Å². The van der Waals surface area contributed by atoms with Crippen LogP contribution < -0.4 is 0 Å². The molecule has 0 heterocycles. The van der Waals surface area contributed by atoms with E-state index in [2.05, 4.69) is 0 Å². The molecule has 0 spiro atoms. The molecule has 0 aliphatic rings. The Labute approximate surface area is 112 Å². The van der Waals surface area contributed by atoms with Crippen LogP contribution in [0.2, 0.25) is 0 Å². The number of aliphatic carboxylic acids is 3. The normalized spacial score (nSPS) is 5.36. The summed E-state index contributed by atoms with van der Waals surface area (Å²) >= 11 is 0. The Morgan fingerprint density at radius 1 is 0.714 bits per heavy atom. The summed E-state index contributed by atoms with van der Waals surface area (Å²) in [5.41, 5.74) is 0. The van der Waals surface area contributed by atoms with Crippen molar-refractivity contribution in [3.05, 3.63) is 0 Å². The second kappa shape index (κ2) is 22.9. The maximum atomic E-state index is 9.00. The van der Waals surface area contributed by atoms with Crippen LogP contribution in [0.3, 0.4) is 0 Å². The minimum absolute atomic E-state index is 0. The molecule has 0 aliphatic carbocycles. The molecule has 0 bridgehead atoms. The standard InChI is InChI=1S/3C2H4O2.H2O.Tb/c3*1-2(3)4;;/h3*1H3,(H,3,4);1H2;. The molecule has 0 aromatic rings. The van der Waals surface area contributed by atoms with Crippen LogP contribution in [0.15, 0.2) is 0 Å². The fraction of sp³-hybridized carbons (Fsp3) is 0.500. The van der Waals surface area contributed by atoms with E-state index >= 15 is 0 Å². The third kappa shape index (κ3) is 11200. The first-order chi connectivity index (χ1) is 5.20. The first-order valence-electron chi connectivity index (χ1n) is 2.78. The van der Waals surface area contributed by atoms with Gasteiger partial charge in [-0.25, -0.2) is 0 Å². The van der Waals surface area contributed by atoms with Crippen LogP contribution in [0.5, 0.6) is 0 Å². The van der Waals surface area contributed by atoms with Gasteiger partial charge in [-0.3, -0.25) is 14.4 Å². The second-order valence-electron chi connectivity index (χ2n) is 1.56. The molecule has 0 fully saturated rings. The van der Waals surface area contributed by atoms with Crippen LogP contribution >= 0.6 is 0 Å². The van der Waals surface area contributed by atoms with E-state index in [-0.39, 0.29) is 44.1 Å². The van der Waals surface area contributed by atoms with Crippen LogP contribution in [0.25, 0.3) is 0 Å². The molecule has 0 unspecified atom stereocenters. The first kappa shape index (κ1) is 29.2. The third-order valence-electron chi connectivity index (χ3n) is 0. The molecule has 5 N–H and O–H groups in total. The molecule has 7 nitrogen and oxygen atoms in total. The van der Waals surface area contributed by atoms with E-state index in [9.17, 15) is 0 Å². The van der Waals surface area contributed by atoms with Gasteiger partial charge in [0.25, 0.3) is 17.9 Å². The second-order valence-corrected chi connectivity index (χ2v) is 1.56. The Balaban J connectivity index is -0.0000000270. The molecule has 0 rings (SSSR count). The predicted octanol–water partition coefficient (Wildman–Crippen LogP) is -0.552. The Kier molecular flexibility index (Phi) is 47.9. The van der Waals surface area contributed by atoms with Crippen molar-refractivity contribution >= 4 is 17.9 Å². The zero-order valence-electron chi connectivity index (χ0n) is 7.90. The molecule has 89 valence electrons. The van der Waals surface area contributed by atoms with E-state index in [1.165, 1.54) is 0 Å². The molecule has 8 heteroatoms. The van der Waals surface area contributed by atoms with Crippen LogP contribution in [0.1, 0.15) is 20.8 Å². The maximum Gasteiger partial charge on any atom is 0.300 e. The molecule has 1 radical (unpaired) electrons. The number of hydrogen-bond donors (Lipinski definition) is 3. The van der Waals surface area contributed by atoms with Crippen LogP contribution in [-0.2, 0) is 14.4 Å². The van der Waals surface area contributed by atoms with E-state index in [0.717, 1.165) is 20.8 Å². The van der Waals surface area contributed by atoms with Crippen LogP contribution in [0, 0.1) is 38.6 Å². The SMILES string of the molecule is CC(=O)O.CC(=O)O.CC(=O)O.O.[Tb]. The summed E-state index contributed by atoms with van der Waals surface area (Å²) in [5, 5.41) is 22.2. The van der Waals surface area contributed by atoms with E-state index in [4.69, 9.17) is 29.7 Å². The van der Waals surface area contributed by atoms with Crippen molar-refractivity contribution in [1.82, 2.24) is 0 Å². The van der Waals surface area contributed by atoms with Gasteiger partial charge in [-0.1, -0.05) is 0 Å².